The zero-order valence-electron chi connectivity index (χ0n) is 20.2. The molecule has 6 rings (SSSR count). The zero-order valence-corrected chi connectivity index (χ0v) is 21.0. The summed E-state index contributed by atoms with van der Waals surface area (Å²) in [5.41, 5.74) is 1.92. The molecule has 0 radical (unpaired) electrons. The average Bonchev–Trinajstić information content (AvgIpc) is 3.31. The van der Waals surface area contributed by atoms with Crippen LogP contribution in [-0.4, -0.2) is 35.3 Å². The molecule has 2 heterocycles. The Morgan fingerprint density at radius 1 is 0.892 bits per heavy atom. The van der Waals surface area contributed by atoms with Gasteiger partial charge in [-0.05, 0) is 36.8 Å². The summed E-state index contributed by atoms with van der Waals surface area (Å²) in [5, 5.41) is 3.37. The van der Waals surface area contributed by atoms with Gasteiger partial charge in [0.05, 0.1) is 17.8 Å². The molecule has 0 bridgehead atoms. The highest BCUT2D eigenvalue weighted by Gasteiger charge is 2.71. The van der Waals surface area contributed by atoms with E-state index in [0.717, 1.165) is 5.56 Å². The summed E-state index contributed by atoms with van der Waals surface area (Å²) in [6.45, 7) is 2.93. The Morgan fingerprint density at radius 3 is 2.14 bits per heavy atom. The number of carbonyl (C=O) groups excluding carboxylic acids is 4. The number of carbonyl (C=O) groups is 4. The molecule has 1 amide bonds. The van der Waals surface area contributed by atoms with Gasteiger partial charge < -0.3 is 10.2 Å². The molecule has 37 heavy (non-hydrogen) atoms. The molecule has 6 nitrogen and oxygen atoms in total. The molecule has 2 aliphatic heterocycles. The Kier molecular flexibility index (Phi) is 5.21. The number of rotatable bonds is 3. The second-order valence-corrected chi connectivity index (χ2v) is 10.2. The number of Topliss-reactive ketones (excluding diaryl/α,β-unsaturated/α-hetero) is 3. The van der Waals surface area contributed by atoms with Gasteiger partial charge in [0.25, 0.3) is 0 Å². The second-order valence-electron chi connectivity index (χ2n) is 9.79. The van der Waals surface area contributed by atoms with Gasteiger partial charge in [0.1, 0.15) is 5.41 Å². The predicted octanol–water partition coefficient (Wildman–Crippen LogP) is 5.32. The van der Waals surface area contributed by atoms with Crippen LogP contribution in [-0.2, 0) is 9.59 Å². The molecule has 184 valence electrons. The number of benzene rings is 3. The van der Waals surface area contributed by atoms with Crippen molar-refractivity contribution < 1.29 is 19.2 Å². The first-order valence-corrected chi connectivity index (χ1v) is 12.5. The lowest BCUT2D eigenvalue weighted by atomic mass is 9.64. The van der Waals surface area contributed by atoms with Crippen molar-refractivity contribution in [3.05, 3.63) is 100 Å². The summed E-state index contributed by atoms with van der Waals surface area (Å²) in [4.78, 5) is 56.0. The number of hydrogen-bond acceptors (Lipinski definition) is 5. The van der Waals surface area contributed by atoms with Crippen molar-refractivity contribution in [1.82, 2.24) is 0 Å². The molecule has 0 unspecified atom stereocenters. The summed E-state index contributed by atoms with van der Waals surface area (Å²) in [7, 11) is 0. The molecule has 1 saturated heterocycles. The summed E-state index contributed by atoms with van der Waals surface area (Å²) in [6.07, 6.45) is 3.68. The molecule has 3 aromatic carbocycles. The maximum absolute atomic E-state index is 14.4. The van der Waals surface area contributed by atoms with Crippen molar-refractivity contribution in [3.63, 3.8) is 0 Å². The highest BCUT2D eigenvalue weighted by atomic mass is 35.5. The second kappa shape index (κ2) is 8.25. The topological polar surface area (TPSA) is 83.6 Å². The molecule has 1 fully saturated rings. The third-order valence-electron chi connectivity index (χ3n) is 7.80. The molecule has 1 aliphatic carbocycles. The van der Waals surface area contributed by atoms with Gasteiger partial charge in [0.2, 0.25) is 5.91 Å². The van der Waals surface area contributed by atoms with E-state index in [-0.39, 0.29) is 23.3 Å². The van der Waals surface area contributed by atoms with Gasteiger partial charge in [0, 0.05) is 40.2 Å². The standard InChI is InChI=1S/C30H23ClN2O4/c1-16(34)27-26(18-10-12-19(31)13-11-18)30(28(36)20-6-3-4-7-21(20)29(30)37)25-15-14-22-23(32-17(2)35)8-5-9-24(22)33(25)27/h3-15,25-27H,1-2H3,(H,32,35)/t25-,26-,27-/m1/s1. The third-order valence-corrected chi connectivity index (χ3v) is 8.05. The monoisotopic (exact) mass is 510 g/mol. The van der Waals surface area contributed by atoms with Crippen LogP contribution in [0.15, 0.2) is 72.8 Å². The van der Waals surface area contributed by atoms with E-state index in [0.29, 0.717) is 33.1 Å². The fourth-order valence-corrected chi connectivity index (χ4v) is 6.62. The van der Waals surface area contributed by atoms with E-state index >= 15 is 0 Å². The van der Waals surface area contributed by atoms with Crippen LogP contribution >= 0.6 is 11.6 Å². The highest BCUT2D eigenvalue weighted by molar-refractivity contribution is 6.32. The normalized spacial score (nSPS) is 22.6. The van der Waals surface area contributed by atoms with Crippen molar-refractivity contribution in [1.29, 1.82) is 0 Å². The number of nitrogens with zero attached hydrogens (tertiary/aromatic N) is 1. The molecule has 3 aliphatic rings. The minimum Gasteiger partial charge on any atom is -0.352 e. The maximum atomic E-state index is 14.4. The van der Waals surface area contributed by atoms with Gasteiger partial charge >= 0.3 is 0 Å². The Balaban J connectivity index is 1.65. The van der Waals surface area contributed by atoms with Crippen LogP contribution in [0.25, 0.3) is 6.08 Å². The van der Waals surface area contributed by atoms with Crippen LogP contribution in [0.1, 0.15) is 51.6 Å². The van der Waals surface area contributed by atoms with E-state index in [9.17, 15) is 19.2 Å². The lowest BCUT2D eigenvalue weighted by molar-refractivity contribution is -0.118. The molecule has 0 aromatic heterocycles. The predicted molar refractivity (Wildman–Crippen MR) is 142 cm³/mol. The first-order chi connectivity index (χ1) is 17.8. The van der Waals surface area contributed by atoms with Crippen molar-refractivity contribution in [2.45, 2.75) is 31.8 Å². The SMILES string of the molecule is CC(=O)Nc1cccc2c1C=C[C@H]1N2[C@H](C(C)=O)[C@@H](c2ccc(Cl)cc2)C12C(=O)c1ccccc1C2=O. The molecule has 1 N–H and O–H groups in total. The summed E-state index contributed by atoms with van der Waals surface area (Å²) < 4.78 is 0. The Hall–Kier alpha value is -4.03. The highest BCUT2D eigenvalue weighted by Crippen LogP contribution is 2.61. The first-order valence-electron chi connectivity index (χ1n) is 12.1. The molecular weight excluding hydrogens is 488 g/mol. The van der Waals surface area contributed by atoms with Crippen LogP contribution in [0.5, 0.6) is 0 Å². The molecule has 3 atom stereocenters. The van der Waals surface area contributed by atoms with Gasteiger partial charge in [-0.1, -0.05) is 66.2 Å². The minimum absolute atomic E-state index is 0.162. The molecule has 0 saturated carbocycles. The Morgan fingerprint density at radius 2 is 1.54 bits per heavy atom. The van der Waals surface area contributed by atoms with Crippen molar-refractivity contribution >= 4 is 52.3 Å². The number of ketones is 3. The number of anilines is 2. The molecular formula is C30H23ClN2O4. The van der Waals surface area contributed by atoms with Crippen LogP contribution in [0, 0.1) is 5.41 Å². The van der Waals surface area contributed by atoms with Gasteiger partial charge in [-0.25, -0.2) is 0 Å². The number of hydrogen-bond donors (Lipinski definition) is 1. The van der Waals surface area contributed by atoms with Crippen LogP contribution in [0.4, 0.5) is 11.4 Å². The van der Waals surface area contributed by atoms with Gasteiger partial charge in [-0.3, -0.25) is 19.2 Å². The first kappa shape index (κ1) is 23.4. The smallest absolute Gasteiger partial charge is 0.221 e. The number of halogens is 1. The van der Waals surface area contributed by atoms with E-state index in [1.165, 1.54) is 13.8 Å². The fourth-order valence-electron chi connectivity index (χ4n) is 6.49. The van der Waals surface area contributed by atoms with Crippen LogP contribution in [0.2, 0.25) is 5.02 Å². The van der Waals surface area contributed by atoms with Gasteiger partial charge in [-0.15, -0.1) is 0 Å². The van der Waals surface area contributed by atoms with E-state index in [1.807, 2.05) is 23.1 Å². The third kappa shape index (κ3) is 3.12. The number of fused-ring (bicyclic) bond motifs is 5. The lowest BCUT2D eigenvalue weighted by Gasteiger charge is -2.37. The molecule has 1 spiro atoms. The van der Waals surface area contributed by atoms with Gasteiger partial charge in [0.15, 0.2) is 17.3 Å². The summed E-state index contributed by atoms with van der Waals surface area (Å²) in [5.74, 6) is -1.69. The maximum Gasteiger partial charge on any atom is 0.221 e. The van der Waals surface area contributed by atoms with E-state index in [4.69, 9.17) is 11.6 Å². The number of amides is 1. The Bertz CT molecular complexity index is 1510. The molecule has 3 aromatic rings. The van der Waals surface area contributed by atoms with Crippen LogP contribution < -0.4 is 10.2 Å². The Labute approximate surface area is 218 Å². The quantitative estimate of drug-likeness (QED) is 0.482. The van der Waals surface area contributed by atoms with E-state index < -0.39 is 23.4 Å². The average molecular weight is 511 g/mol. The summed E-state index contributed by atoms with van der Waals surface area (Å²) in [6, 6.07) is 17.8. The number of nitrogens with one attached hydrogen (secondary N) is 1. The van der Waals surface area contributed by atoms with Crippen molar-refractivity contribution in [2.75, 3.05) is 10.2 Å². The van der Waals surface area contributed by atoms with Gasteiger partial charge in [-0.2, -0.15) is 0 Å². The van der Waals surface area contributed by atoms with E-state index in [2.05, 4.69) is 5.32 Å². The zero-order chi connectivity index (χ0) is 26.1. The van der Waals surface area contributed by atoms with Crippen molar-refractivity contribution in [2.24, 2.45) is 5.41 Å². The van der Waals surface area contributed by atoms with Crippen LogP contribution in [0.3, 0.4) is 0 Å². The largest absolute Gasteiger partial charge is 0.352 e. The van der Waals surface area contributed by atoms with Crippen molar-refractivity contribution in [3.8, 4) is 0 Å². The lowest BCUT2D eigenvalue weighted by Crippen LogP contribution is -2.48. The fraction of sp³-hybridized carbons (Fsp3) is 0.200. The minimum atomic E-state index is -1.54. The molecule has 7 heteroatoms. The summed E-state index contributed by atoms with van der Waals surface area (Å²) >= 11 is 6.19. The van der Waals surface area contributed by atoms with E-state index in [1.54, 1.807) is 60.7 Å².